The number of hydrogen-bond donors (Lipinski definition) is 0. The number of anilines is 1. The number of halogens is 4. The van der Waals surface area contributed by atoms with E-state index in [1.54, 1.807) is 18.0 Å². The fourth-order valence-electron chi connectivity index (χ4n) is 4.95. The number of likely N-dealkylation sites (N-methyl/N-ethyl adjacent to an activating group) is 1. The molecule has 1 aliphatic heterocycles. The van der Waals surface area contributed by atoms with Crippen molar-refractivity contribution in [3.05, 3.63) is 65.9 Å². The van der Waals surface area contributed by atoms with Crippen molar-refractivity contribution in [3.63, 3.8) is 0 Å². The highest BCUT2D eigenvalue weighted by atomic mass is 19.4. The van der Waals surface area contributed by atoms with Crippen molar-refractivity contribution >= 4 is 11.7 Å². The molecular weight excluding hydrogens is 440 g/mol. The first-order chi connectivity index (χ1) is 15.7. The van der Waals surface area contributed by atoms with Gasteiger partial charge in [-0.1, -0.05) is 6.07 Å². The van der Waals surface area contributed by atoms with E-state index < -0.39 is 17.6 Å². The summed E-state index contributed by atoms with van der Waals surface area (Å²) in [5, 5.41) is 7.94. The highest BCUT2D eigenvalue weighted by Crippen LogP contribution is 2.42. The molecule has 11 heteroatoms. The van der Waals surface area contributed by atoms with Crippen LogP contribution in [-0.2, 0) is 6.18 Å². The second-order valence-corrected chi connectivity index (χ2v) is 8.40. The molecule has 172 valence electrons. The van der Waals surface area contributed by atoms with Crippen molar-refractivity contribution < 1.29 is 22.4 Å². The normalized spacial score (nSPS) is 22.1. The molecule has 0 radical (unpaired) electrons. The predicted octanol–water partition coefficient (Wildman–Crippen LogP) is 3.56. The quantitative estimate of drug-likeness (QED) is 0.557. The van der Waals surface area contributed by atoms with Gasteiger partial charge in [-0.2, -0.15) is 23.4 Å². The number of nitrogens with zero attached hydrogens (tertiary/aromatic N) is 6. The second-order valence-electron chi connectivity index (χ2n) is 8.40. The van der Waals surface area contributed by atoms with Crippen molar-refractivity contribution in [2.45, 2.75) is 31.1 Å². The fourth-order valence-corrected chi connectivity index (χ4v) is 4.95. The number of rotatable bonds is 4. The summed E-state index contributed by atoms with van der Waals surface area (Å²) in [4.78, 5) is 22.1. The van der Waals surface area contributed by atoms with Crippen LogP contribution >= 0.6 is 0 Å². The standard InChI is InChI=1S/C22H20F4N6O/c1-30(19-6-5-14(11-27-19)22(24,25)26)17-9-13-10-18(17)31(12-13)21(33)15-3-2-4-16(23)20(15)32-28-7-8-29-32/h2-8,11,13,17-18H,9-10,12H2,1H3/t13-,17+,18-/m0/s1. The van der Waals surface area contributed by atoms with E-state index in [-0.39, 0.29) is 35.2 Å². The van der Waals surface area contributed by atoms with E-state index in [1.807, 2.05) is 4.90 Å². The molecule has 33 heavy (non-hydrogen) atoms. The van der Waals surface area contributed by atoms with Crippen LogP contribution in [0.4, 0.5) is 23.4 Å². The summed E-state index contributed by atoms with van der Waals surface area (Å²) in [5.41, 5.74) is -0.660. The van der Waals surface area contributed by atoms with E-state index in [0.717, 1.165) is 29.9 Å². The number of alkyl halides is 3. The molecule has 2 aromatic heterocycles. The van der Waals surface area contributed by atoms with Gasteiger partial charge in [-0.25, -0.2) is 9.37 Å². The van der Waals surface area contributed by atoms with E-state index in [0.29, 0.717) is 12.4 Å². The van der Waals surface area contributed by atoms with Crippen LogP contribution in [0.2, 0.25) is 0 Å². The second kappa shape index (κ2) is 7.82. The number of amides is 1. The summed E-state index contributed by atoms with van der Waals surface area (Å²) in [5.74, 6) is -0.280. The lowest BCUT2D eigenvalue weighted by Gasteiger charge is -2.39. The number of carbonyl (C=O) groups excluding carboxylic acids is 1. The number of likely N-dealkylation sites (tertiary alicyclic amines) is 1. The number of pyridine rings is 1. The van der Waals surface area contributed by atoms with Gasteiger partial charge < -0.3 is 9.80 Å². The summed E-state index contributed by atoms with van der Waals surface area (Å²) in [6.07, 6.45) is 0.738. The van der Waals surface area contributed by atoms with Crippen LogP contribution in [0.15, 0.2) is 48.9 Å². The predicted molar refractivity (Wildman–Crippen MR) is 110 cm³/mol. The Bertz CT molecular complexity index is 1160. The van der Waals surface area contributed by atoms with E-state index in [9.17, 15) is 22.4 Å². The van der Waals surface area contributed by atoms with Crippen molar-refractivity contribution in [1.29, 1.82) is 0 Å². The van der Waals surface area contributed by atoms with Crippen molar-refractivity contribution in [2.75, 3.05) is 18.5 Å². The summed E-state index contributed by atoms with van der Waals surface area (Å²) in [6.45, 7) is 0.538. The lowest BCUT2D eigenvalue weighted by molar-refractivity contribution is -0.137. The summed E-state index contributed by atoms with van der Waals surface area (Å²) in [6, 6.07) is 6.33. The molecular formula is C22H20F4N6O. The zero-order valence-electron chi connectivity index (χ0n) is 17.6. The third-order valence-electron chi connectivity index (χ3n) is 6.48. The van der Waals surface area contributed by atoms with Crippen LogP contribution in [0.5, 0.6) is 0 Å². The molecule has 3 atom stereocenters. The Hall–Kier alpha value is -3.50. The maximum absolute atomic E-state index is 14.6. The molecule has 2 aliphatic rings. The average molecular weight is 460 g/mol. The number of benzene rings is 1. The molecule has 5 rings (SSSR count). The van der Waals surface area contributed by atoms with Gasteiger partial charge in [0.05, 0.1) is 35.6 Å². The SMILES string of the molecule is CN(c1ccc(C(F)(F)F)cn1)[C@@H]1C[C@H]2C[C@@H]1N(C(=O)c1cccc(F)c1-n1nccn1)C2. The molecule has 1 saturated heterocycles. The van der Waals surface area contributed by atoms with Gasteiger partial charge in [-0.05, 0) is 43.0 Å². The number of piperidine rings is 1. The summed E-state index contributed by atoms with van der Waals surface area (Å²) in [7, 11) is 1.77. The molecule has 3 aromatic rings. The van der Waals surface area contributed by atoms with Crippen molar-refractivity contribution in [1.82, 2.24) is 24.9 Å². The Morgan fingerprint density at radius 3 is 2.52 bits per heavy atom. The van der Waals surface area contributed by atoms with E-state index in [2.05, 4.69) is 15.2 Å². The number of para-hydroxylation sites is 1. The van der Waals surface area contributed by atoms with Crippen LogP contribution in [0, 0.1) is 11.7 Å². The summed E-state index contributed by atoms with van der Waals surface area (Å²) < 4.78 is 53.2. The van der Waals surface area contributed by atoms with Crippen molar-refractivity contribution in [2.24, 2.45) is 5.92 Å². The van der Waals surface area contributed by atoms with Crippen LogP contribution in [0.25, 0.3) is 5.69 Å². The van der Waals surface area contributed by atoms with Crippen LogP contribution in [0.1, 0.15) is 28.8 Å². The molecule has 1 saturated carbocycles. The highest BCUT2D eigenvalue weighted by Gasteiger charge is 2.49. The minimum atomic E-state index is -4.45. The number of hydrogen-bond acceptors (Lipinski definition) is 5. The third kappa shape index (κ3) is 3.70. The first kappa shape index (κ1) is 21.4. The largest absolute Gasteiger partial charge is 0.417 e. The zero-order chi connectivity index (χ0) is 23.3. The maximum Gasteiger partial charge on any atom is 0.417 e. The first-order valence-corrected chi connectivity index (χ1v) is 10.5. The van der Waals surface area contributed by atoms with Gasteiger partial charge >= 0.3 is 6.18 Å². The Kier molecular flexibility index (Phi) is 5.06. The zero-order valence-corrected chi connectivity index (χ0v) is 17.6. The lowest BCUT2D eigenvalue weighted by Crippen LogP contribution is -2.51. The molecule has 0 unspecified atom stereocenters. The van der Waals surface area contributed by atoms with Gasteiger partial charge in [-0.3, -0.25) is 4.79 Å². The smallest absolute Gasteiger partial charge is 0.355 e. The lowest BCUT2D eigenvalue weighted by atomic mass is 10.0. The van der Waals surface area contributed by atoms with Gasteiger partial charge in [0.1, 0.15) is 11.5 Å². The van der Waals surface area contributed by atoms with E-state index in [1.165, 1.54) is 30.6 Å². The molecule has 7 nitrogen and oxygen atoms in total. The fraction of sp³-hybridized carbons (Fsp3) is 0.364. The topological polar surface area (TPSA) is 67.2 Å². The first-order valence-electron chi connectivity index (χ1n) is 10.5. The molecule has 1 aromatic carbocycles. The molecule has 0 N–H and O–H groups in total. The van der Waals surface area contributed by atoms with Gasteiger partial charge in [0, 0.05) is 19.8 Å². The Morgan fingerprint density at radius 1 is 1.12 bits per heavy atom. The minimum absolute atomic E-state index is 0.00964. The van der Waals surface area contributed by atoms with Gasteiger partial charge in [0.2, 0.25) is 0 Å². The molecule has 2 fully saturated rings. The Balaban J connectivity index is 1.40. The molecule has 1 amide bonds. The van der Waals surface area contributed by atoms with Crippen LogP contribution in [0.3, 0.4) is 0 Å². The number of fused-ring (bicyclic) bond motifs is 2. The molecule has 0 spiro atoms. The number of aromatic nitrogens is 4. The van der Waals surface area contributed by atoms with Gasteiger partial charge in [-0.15, -0.1) is 4.80 Å². The average Bonchev–Trinajstić information content (AvgIpc) is 3.55. The number of carbonyl (C=O) groups is 1. The molecule has 1 aliphatic carbocycles. The molecule has 3 heterocycles. The van der Waals surface area contributed by atoms with Crippen LogP contribution < -0.4 is 4.90 Å². The van der Waals surface area contributed by atoms with Crippen LogP contribution in [-0.4, -0.2) is 56.5 Å². The van der Waals surface area contributed by atoms with Gasteiger partial charge in [0.25, 0.3) is 5.91 Å². The Labute approximate surface area is 186 Å². The van der Waals surface area contributed by atoms with E-state index in [4.69, 9.17) is 0 Å². The molecule has 2 bridgehead atoms. The minimum Gasteiger partial charge on any atom is -0.355 e. The van der Waals surface area contributed by atoms with Gasteiger partial charge in [0.15, 0.2) is 5.82 Å². The van der Waals surface area contributed by atoms with E-state index >= 15 is 0 Å². The highest BCUT2D eigenvalue weighted by molar-refractivity contribution is 5.98. The maximum atomic E-state index is 14.6. The third-order valence-corrected chi connectivity index (χ3v) is 6.48. The summed E-state index contributed by atoms with van der Waals surface area (Å²) >= 11 is 0. The van der Waals surface area contributed by atoms with Crippen molar-refractivity contribution in [3.8, 4) is 5.69 Å². The monoisotopic (exact) mass is 460 g/mol. The Morgan fingerprint density at radius 2 is 1.88 bits per heavy atom.